The second kappa shape index (κ2) is 5.48. The number of aromatic hydroxyl groups is 1. The lowest BCUT2D eigenvalue weighted by atomic mass is 9.80. The molecule has 22 heavy (non-hydrogen) atoms. The summed E-state index contributed by atoms with van der Waals surface area (Å²) in [5, 5.41) is 10.2. The van der Waals surface area contributed by atoms with Gasteiger partial charge in [-0.1, -0.05) is 19.4 Å². The summed E-state index contributed by atoms with van der Waals surface area (Å²) < 4.78 is 5.33. The molecule has 1 N–H and O–H groups in total. The average Bonchev–Trinajstić information content (AvgIpc) is 2.49. The summed E-state index contributed by atoms with van der Waals surface area (Å²) in [6.07, 6.45) is 2.59. The standard InChI is InChI=1S/C19H20O3/c1-4-5-12-6-7-16(20)18-15(12)10-13-9-14(22-3)8-11(2)17(13)19(18)21/h6-9,20H,4-5,10H2,1-3H3. The van der Waals surface area contributed by atoms with Crippen LogP contribution in [-0.4, -0.2) is 18.0 Å². The number of benzene rings is 2. The lowest BCUT2D eigenvalue weighted by Crippen LogP contribution is -2.18. The van der Waals surface area contributed by atoms with Crippen molar-refractivity contribution in [2.45, 2.75) is 33.1 Å². The lowest BCUT2D eigenvalue weighted by Gasteiger charge is -2.24. The smallest absolute Gasteiger partial charge is 0.197 e. The molecular formula is C19H20O3. The molecular weight excluding hydrogens is 276 g/mol. The maximum Gasteiger partial charge on any atom is 0.197 e. The molecule has 3 heteroatoms. The minimum Gasteiger partial charge on any atom is -0.507 e. The Morgan fingerprint density at radius 3 is 2.68 bits per heavy atom. The van der Waals surface area contributed by atoms with Gasteiger partial charge in [0.15, 0.2) is 5.78 Å². The molecule has 0 heterocycles. The summed E-state index contributed by atoms with van der Waals surface area (Å²) in [6.45, 7) is 4.03. The van der Waals surface area contributed by atoms with Crippen LogP contribution in [0.2, 0.25) is 0 Å². The Kier molecular flexibility index (Phi) is 3.65. The number of hydrogen-bond donors (Lipinski definition) is 1. The number of fused-ring (bicyclic) bond motifs is 2. The van der Waals surface area contributed by atoms with Gasteiger partial charge in [0.25, 0.3) is 0 Å². The number of hydrogen-bond acceptors (Lipinski definition) is 3. The van der Waals surface area contributed by atoms with E-state index in [4.69, 9.17) is 4.74 Å². The Bertz CT molecular complexity index is 760. The monoisotopic (exact) mass is 296 g/mol. The van der Waals surface area contributed by atoms with Gasteiger partial charge in [-0.3, -0.25) is 4.79 Å². The van der Waals surface area contributed by atoms with Crippen molar-refractivity contribution in [3.05, 3.63) is 57.6 Å². The van der Waals surface area contributed by atoms with Crippen molar-refractivity contribution >= 4 is 5.78 Å². The third-order valence-electron chi connectivity index (χ3n) is 4.36. The van der Waals surface area contributed by atoms with Crippen molar-refractivity contribution in [3.63, 3.8) is 0 Å². The Balaban J connectivity index is 2.22. The maximum absolute atomic E-state index is 12.9. The van der Waals surface area contributed by atoms with Crippen LogP contribution in [0.1, 0.15) is 51.5 Å². The zero-order chi connectivity index (χ0) is 15.9. The van der Waals surface area contributed by atoms with Crippen LogP contribution in [-0.2, 0) is 12.8 Å². The van der Waals surface area contributed by atoms with Crippen LogP contribution >= 0.6 is 0 Å². The van der Waals surface area contributed by atoms with Gasteiger partial charge in [0.1, 0.15) is 11.5 Å². The van der Waals surface area contributed by atoms with Crippen LogP contribution in [0.4, 0.5) is 0 Å². The van der Waals surface area contributed by atoms with E-state index in [1.807, 2.05) is 25.1 Å². The first-order valence-electron chi connectivity index (χ1n) is 7.62. The summed E-state index contributed by atoms with van der Waals surface area (Å²) in [6, 6.07) is 7.38. The molecule has 114 valence electrons. The molecule has 0 amide bonds. The SMILES string of the molecule is CCCc1ccc(O)c2c1Cc1cc(OC)cc(C)c1C2=O. The quantitative estimate of drug-likeness (QED) is 0.799. The van der Waals surface area contributed by atoms with Crippen LogP contribution in [0.25, 0.3) is 0 Å². The first kappa shape index (κ1) is 14.6. The largest absolute Gasteiger partial charge is 0.507 e. The van der Waals surface area contributed by atoms with Gasteiger partial charge in [-0.25, -0.2) is 0 Å². The number of ketones is 1. The van der Waals surface area contributed by atoms with Gasteiger partial charge in [0.2, 0.25) is 0 Å². The minimum absolute atomic E-state index is 0.0770. The molecule has 0 saturated heterocycles. The summed E-state index contributed by atoms with van der Waals surface area (Å²) in [7, 11) is 1.63. The first-order chi connectivity index (χ1) is 10.6. The van der Waals surface area contributed by atoms with E-state index in [0.717, 1.165) is 40.8 Å². The Hall–Kier alpha value is -2.29. The number of aryl methyl sites for hydroxylation is 2. The molecule has 0 spiro atoms. The summed E-state index contributed by atoms with van der Waals surface area (Å²) >= 11 is 0. The van der Waals surface area contributed by atoms with E-state index in [-0.39, 0.29) is 11.5 Å². The fourth-order valence-corrected chi connectivity index (χ4v) is 3.36. The molecule has 2 aromatic rings. The molecule has 0 aliphatic heterocycles. The maximum atomic E-state index is 12.9. The van der Waals surface area contributed by atoms with E-state index in [0.29, 0.717) is 17.5 Å². The number of rotatable bonds is 3. The van der Waals surface area contributed by atoms with Crippen LogP contribution in [0.3, 0.4) is 0 Å². The molecule has 1 aliphatic rings. The zero-order valence-corrected chi connectivity index (χ0v) is 13.2. The van der Waals surface area contributed by atoms with Crippen molar-refractivity contribution in [1.29, 1.82) is 0 Å². The summed E-state index contributed by atoms with van der Waals surface area (Å²) in [5.41, 5.74) is 5.17. The summed E-state index contributed by atoms with van der Waals surface area (Å²) in [5.74, 6) is 0.775. The van der Waals surface area contributed by atoms with Crippen molar-refractivity contribution in [3.8, 4) is 11.5 Å². The van der Waals surface area contributed by atoms with Gasteiger partial charge >= 0.3 is 0 Å². The number of methoxy groups -OCH3 is 1. The van der Waals surface area contributed by atoms with E-state index in [9.17, 15) is 9.90 Å². The summed E-state index contributed by atoms with van der Waals surface area (Å²) in [4.78, 5) is 12.9. The van der Waals surface area contributed by atoms with E-state index >= 15 is 0 Å². The number of carbonyl (C=O) groups excluding carboxylic acids is 1. The van der Waals surface area contributed by atoms with E-state index in [1.54, 1.807) is 13.2 Å². The average molecular weight is 296 g/mol. The highest BCUT2D eigenvalue weighted by molar-refractivity contribution is 6.15. The van der Waals surface area contributed by atoms with Gasteiger partial charge < -0.3 is 9.84 Å². The van der Waals surface area contributed by atoms with Crippen LogP contribution in [0, 0.1) is 6.92 Å². The molecule has 0 unspecified atom stereocenters. The van der Waals surface area contributed by atoms with Crippen LogP contribution in [0.5, 0.6) is 11.5 Å². The topological polar surface area (TPSA) is 46.5 Å². The minimum atomic E-state index is -0.0770. The lowest BCUT2D eigenvalue weighted by molar-refractivity contribution is 0.103. The number of ether oxygens (including phenoxy) is 1. The second-order valence-corrected chi connectivity index (χ2v) is 5.83. The molecule has 3 rings (SSSR count). The third-order valence-corrected chi connectivity index (χ3v) is 4.36. The Morgan fingerprint density at radius 1 is 1.23 bits per heavy atom. The number of carbonyl (C=O) groups is 1. The highest BCUT2D eigenvalue weighted by atomic mass is 16.5. The fraction of sp³-hybridized carbons (Fsp3) is 0.316. The molecule has 3 nitrogen and oxygen atoms in total. The Labute approximate surface area is 130 Å². The van der Waals surface area contributed by atoms with Crippen molar-refractivity contribution < 1.29 is 14.6 Å². The van der Waals surface area contributed by atoms with E-state index in [1.165, 1.54) is 0 Å². The molecule has 0 bridgehead atoms. The molecule has 1 aliphatic carbocycles. The van der Waals surface area contributed by atoms with Gasteiger partial charge in [-0.15, -0.1) is 0 Å². The van der Waals surface area contributed by atoms with Crippen LogP contribution < -0.4 is 4.74 Å². The molecule has 0 atom stereocenters. The molecule has 2 aromatic carbocycles. The Morgan fingerprint density at radius 2 is 2.00 bits per heavy atom. The first-order valence-corrected chi connectivity index (χ1v) is 7.62. The van der Waals surface area contributed by atoms with Crippen LogP contribution in [0.15, 0.2) is 24.3 Å². The van der Waals surface area contributed by atoms with Crippen molar-refractivity contribution in [2.24, 2.45) is 0 Å². The van der Waals surface area contributed by atoms with Crippen molar-refractivity contribution in [2.75, 3.05) is 7.11 Å². The predicted molar refractivity (Wildman–Crippen MR) is 86.1 cm³/mol. The molecule has 0 fully saturated rings. The second-order valence-electron chi connectivity index (χ2n) is 5.83. The molecule has 0 aromatic heterocycles. The number of phenolic OH excluding ortho intramolecular Hbond substituents is 1. The van der Waals surface area contributed by atoms with E-state index in [2.05, 4.69) is 6.92 Å². The third kappa shape index (κ3) is 2.17. The van der Waals surface area contributed by atoms with Gasteiger partial charge in [-0.2, -0.15) is 0 Å². The highest BCUT2D eigenvalue weighted by Crippen LogP contribution is 2.37. The van der Waals surface area contributed by atoms with Gasteiger partial charge in [0, 0.05) is 5.56 Å². The molecule has 0 saturated carbocycles. The molecule has 0 radical (unpaired) electrons. The van der Waals surface area contributed by atoms with Gasteiger partial charge in [0.05, 0.1) is 12.7 Å². The van der Waals surface area contributed by atoms with Crippen molar-refractivity contribution in [1.82, 2.24) is 0 Å². The van der Waals surface area contributed by atoms with Gasteiger partial charge in [-0.05, 0) is 60.2 Å². The predicted octanol–water partition coefficient (Wildman–Crippen LogP) is 3.80. The van der Waals surface area contributed by atoms with E-state index < -0.39 is 0 Å². The highest BCUT2D eigenvalue weighted by Gasteiger charge is 2.29. The number of phenols is 1. The zero-order valence-electron chi connectivity index (χ0n) is 13.2. The fourth-order valence-electron chi connectivity index (χ4n) is 3.36. The normalized spacial score (nSPS) is 12.8.